The number of hydrogen-bond donors (Lipinski definition) is 1. The maximum absolute atomic E-state index is 12.7. The molecule has 2 aromatic rings. The van der Waals surface area contributed by atoms with Gasteiger partial charge in [0.05, 0.1) is 31.4 Å². The van der Waals surface area contributed by atoms with Crippen molar-refractivity contribution >= 4 is 29.2 Å². The van der Waals surface area contributed by atoms with Gasteiger partial charge in [0.2, 0.25) is 5.91 Å². The second-order valence-electron chi connectivity index (χ2n) is 6.16. The van der Waals surface area contributed by atoms with Crippen LogP contribution in [-0.4, -0.2) is 54.2 Å². The van der Waals surface area contributed by atoms with Gasteiger partial charge in [-0.3, -0.25) is 14.2 Å². The van der Waals surface area contributed by atoms with Crippen molar-refractivity contribution in [2.75, 3.05) is 27.8 Å². The van der Waals surface area contributed by atoms with Crippen molar-refractivity contribution in [2.24, 2.45) is 5.73 Å². The van der Waals surface area contributed by atoms with Crippen LogP contribution in [0.15, 0.2) is 23.3 Å². The molecule has 0 saturated heterocycles. The Morgan fingerprint density at radius 2 is 1.93 bits per heavy atom. The summed E-state index contributed by atoms with van der Waals surface area (Å²) < 4.78 is 12.0. The van der Waals surface area contributed by atoms with E-state index in [2.05, 4.69) is 4.98 Å². The minimum Gasteiger partial charge on any atom is -0.493 e. The van der Waals surface area contributed by atoms with E-state index >= 15 is 0 Å². The standard InChI is InChI=1S/C18H26N4O4.ClH/c1-12(10-19)21(2)17(23)6-5-7-22-11-20-14-9-16(26-4)15(25-3)8-13(14)18(22)24;/h8-9,11-12H,5-7,10,19H2,1-4H3;1H. The summed E-state index contributed by atoms with van der Waals surface area (Å²) in [6.07, 6.45) is 2.38. The number of rotatable bonds is 8. The molecule has 1 atom stereocenters. The van der Waals surface area contributed by atoms with Gasteiger partial charge in [0.1, 0.15) is 0 Å². The third-order valence-electron chi connectivity index (χ3n) is 4.51. The van der Waals surface area contributed by atoms with Gasteiger partial charge in [0.25, 0.3) is 5.56 Å². The van der Waals surface area contributed by atoms with Crippen LogP contribution in [0.3, 0.4) is 0 Å². The van der Waals surface area contributed by atoms with Gasteiger partial charge in [-0.2, -0.15) is 0 Å². The number of amides is 1. The van der Waals surface area contributed by atoms with Crippen molar-refractivity contribution in [3.05, 3.63) is 28.8 Å². The molecule has 2 rings (SSSR count). The first kappa shape index (κ1) is 22.7. The Balaban J connectivity index is 0.00000364. The van der Waals surface area contributed by atoms with E-state index in [1.807, 2.05) is 6.92 Å². The monoisotopic (exact) mass is 398 g/mol. The van der Waals surface area contributed by atoms with E-state index in [1.54, 1.807) is 24.1 Å². The zero-order valence-electron chi connectivity index (χ0n) is 16.1. The number of likely N-dealkylation sites (N-methyl/N-ethyl adjacent to an activating group) is 1. The molecule has 27 heavy (non-hydrogen) atoms. The molecule has 1 unspecified atom stereocenters. The highest BCUT2D eigenvalue weighted by molar-refractivity contribution is 5.85. The Bertz CT molecular complexity index is 840. The van der Waals surface area contributed by atoms with Crippen molar-refractivity contribution in [3.8, 4) is 11.5 Å². The highest BCUT2D eigenvalue weighted by Gasteiger charge is 2.15. The Morgan fingerprint density at radius 3 is 2.52 bits per heavy atom. The summed E-state index contributed by atoms with van der Waals surface area (Å²) in [5.41, 5.74) is 5.95. The summed E-state index contributed by atoms with van der Waals surface area (Å²) in [7, 11) is 4.79. The van der Waals surface area contributed by atoms with E-state index in [-0.39, 0.29) is 29.9 Å². The smallest absolute Gasteiger partial charge is 0.261 e. The summed E-state index contributed by atoms with van der Waals surface area (Å²) in [6, 6.07) is 3.30. The van der Waals surface area contributed by atoms with Gasteiger partial charge in [0.15, 0.2) is 11.5 Å². The molecule has 8 nitrogen and oxygen atoms in total. The van der Waals surface area contributed by atoms with Gasteiger partial charge in [-0.15, -0.1) is 12.4 Å². The average molecular weight is 399 g/mol. The predicted molar refractivity (Wildman–Crippen MR) is 107 cm³/mol. The molecule has 0 aliphatic heterocycles. The third kappa shape index (κ3) is 5.11. The molecule has 1 aromatic heterocycles. The van der Waals surface area contributed by atoms with Crippen molar-refractivity contribution in [1.82, 2.24) is 14.5 Å². The van der Waals surface area contributed by atoms with Crippen molar-refractivity contribution in [2.45, 2.75) is 32.4 Å². The van der Waals surface area contributed by atoms with Crippen LogP contribution < -0.4 is 20.8 Å². The number of aromatic nitrogens is 2. The van der Waals surface area contributed by atoms with Crippen molar-refractivity contribution in [1.29, 1.82) is 0 Å². The molecule has 150 valence electrons. The number of fused-ring (bicyclic) bond motifs is 1. The summed E-state index contributed by atoms with van der Waals surface area (Å²) in [4.78, 5) is 30.8. The molecule has 0 bridgehead atoms. The topological polar surface area (TPSA) is 99.7 Å². The molecular weight excluding hydrogens is 372 g/mol. The summed E-state index contributed by atoms with van der Waals surface area (Å²) in [5, 5.41) is 0.449. The lowest BCUT2D eigenvalue weighted by molar-refractivity contribution is -0.131. The molecule has 0 aliphatic carbocycles. The molecule has 0 radical (unpaired) electrons. The van der Waals surface area contributed by atoms with Gasteiger partial charge in [0, 0.05) is 38.7 Å². The first-order chi connectivity index (χ1) is 12.4. The van der Waals surface area contributed by atoms with E-state index in [9.17, 15) is 9.59 Å². The minimum absolute atomic E-state index is 0. The summed E-state index contributed by atoms with van der Waals surface area (Å²) >= 11 is 0. The number of halogens is 1. The van der Waals surface area contributed by atoms with E-state index in [0.29, 0.717) is 48.3 Å². The summed E-state index contributed by atoms with van der Waals surface area (Å²) in [6.45, 7) is 2.73. The largest absolute Gasteiger partial charge is 0.493 e. The first-order valence-electron chi connectivity index (χ1n) is 8.49. The summed E-state index contributed by atoms with van der Waals surface area (Å²) in [5.74, 6) is 1.01. The second-order valence-corrected chi connectivity index (χ2v) is 6.16. The number of carbonyl (C=O) groups excluding carboxylic acids is 1. The number of nitrogens with two attached hydrogens (primary N) is 1. The zero-order valence-corrected chi connectivity index (χ0v) is 16.9. The van der Waals surface area contributed by atoms with Crippen LogP contribution in [0.25, 0.3) is 10.9 Å². The fourth-order valence-corrected chi connectivity index (χ4v) is 2.63. The maximum atomic E-state index is 12.7. The third-order valence-corrected chi connectivity index (χ3v) is 4.51. The number of hydrogen-bond acceptors (Lipinski definition) is 6. The van der Waals surface area contributed by atoms with Crippen LogP contribution in [0, 0.1) is 0 Å². The SMILES string of the molecule is COc1cc2ncn(CCCC(=O)N(C)C(C)CN)c(=O)c2cc1OC.Cl. The lowest BCUT2D eigenvalue weighted by atomic mass is 10.2. The van der Waals surface area contributed by atoms with Crippen LogP contribution in [0.4, 0.5) is 0 Å². The molecule has 1 aromatic carbocycles. The molecule has 9 heteroatoms. The second kappa shape index (κ2) is 10.1. The van der Waals surface area contributed by atoms with Crippen LogP contribution in [-0.2, 0) is 11.3 Å². The Kier molecular flexibility index (Phi) is 8.52. The number of nitrogens with zero attached hydrogens (tertiary/aromatic N) is 3. The van der Waals surface area contributed by atoms with Gasteiger partial charge in [-0.25, -0.2) is 4.98 Å². The number of ether oxygens (including phenoxy) is 2. The van der Waals surface area contributed by atoms with E-state index in [1.165, 1.54) is 25.1 Å². The van der Waals surface area contributed by atoms with E-state index in [0.717, 1.165) is 0 Å². The Hall–Kier alpha value is -2.32. The van der Waals surface area contributed by atoms with Gasteiger partial charge < -0.3 is 20.1 Å². The Morgan fingerprint density at radius 1 is 1.30 bits per heavy atom. The molecule has 0 saturated carbocycles. The lowest BCUT2D eigenvalue weighted by Gasteiger charge is -2.23. The normalized spacial score (nSPS) is 11.6. The van der Waals surface area contributed by atoms with Crippen LogP contribution >= 0.6 is 12.4 Å². The Labute approximate surface area is 164 Å². The maximum Gasteiger partial charge on any atom is 0.261 e. The fraction of sp³-hybridized carbons (Fsp3) is 0.500. The highest BCUT2D eigenvalue weighted by Crippen LogP contribution is 2.29. The highest BCUT2D eigenvalue weighted by atomic mass is 35.5. The predicted octanol–water partition coefficient (Wildman–Crippen LogP) is 1.42. The van der Waals surface area contributed by atoms with Crippen molar-refractivity contribution in [3.63, 3.8) is 0 Å². The van der Waals surface area contributed by atoms with Gasteiger partial charge in [-0.05, 0) is 19.4 Å². The van der Waals surface area contributed by atoms with Crippen LogP contribution in [0.1, 0.15) is 19.8 Å². The average Bonchev–Trinajstić information content (AvgIpc) is 2.67. The molecule has 2 N–H and O–H groups in total. The minimum atomic E-state index is -0.174. The molecule has 0 fully saturated rings. The quantitative estimate of drug-likeness (QED) is 0.721. The van der Waals surface area contributed by atoms with E-state index < -0.39 is 0 Å². The fourth-order valence-electron chi connectivity index (χ4n) is 2.63. The van der Waals surface area contributed by atoms with Crippen molar-refractivity contribution < 1.29 is 14.3 Å². The number of aryl methyl sites for hydroxylation is 1. The zero-order chi connectivity index (χ0) is 19.3. The van der Waals surface area contributed by atoms with Crippen LogP contribution in [0.5, 0.6) is 11.5 Å². The number of methoxy groups -OCH3 is 2. The van der Waals surface area contributed by atoms with Gasteiger partial charge in [-0.1, -0.05) is 0 Å². The molecular formula is C18H27ClN4O4. The number of benzene rings is 1. The molecule has 1 amide bonds. The van der Waals surface area contributed by atoms with Crippen LogP contribution in [0.2, 0.25) is 0 Å². The van der Waals surface area contributed by atoms with Gasteiger partial charge >= 0.3 is 0 Å². The molecule has 0 spiro atoms. The number of carbonyl (C=O) groups is 1. The molecule has 0 aliphatic rings. The lowest BCUT2D eigenvalue weighted by Crippen LogP contribution is -2.39. The molecule has 1 heterocycles. The first-order valence-corrected chi connectivity index (χ1v) is 8.49. The van der Waals surface area contributed by atoms with E-state index in [4.69, 9.17) is 15.2 Å².